The summed E-state index contributed by atoms with van der Waals surface area (Å²) < 4.78 is 25.0. The summed E-state index contributed by atoms with van der Waals surface area (Å²) in [6, 6.07) is 16.3. The van der Waals surface area contributed by atoms with Crippen molar-refractivity contribution in [3.05, 3.63) is 82.1 Å². The summed E-state index contributed by atoms with van der Waals surface area (Å²) in [6.45, 7) is 4.02. The van der Waals surface area contributed by atoms with Crippen molar-refractivity contribution in [1.82, 2.24) is 5.43 Å². The van der Waals surface area contributed by atoms with Crippen LogP contribution in [-0.2, 0) is 4.79 Å². The average molecular weight is 583 g/mol. The van der Waals surface area contributed by atoms with Crippen LogP contribution in [0, 0.1) is 5.82 Å². The molecule has 0 bridgehead atoms. The second kappa shape index (κ2) is 13.0. The highest BCUT2D eigenvalue weighted by Gasteiger charge is 2.14. The first-order chi connectivity index (χ1) is 18.4. The van der Waals surface area contributed by atoms with Crippen molar-refractivity contribution in [2.24, 2.45) is 5.10 Å². The number of carbonyl (C=O) groups excluding carboxylic acids is 2. The zero-order valence-corrected chi connectivity index (χ0v) is 22.5. The van der Waals surface area contributed by atoms with E-state index in [1.165, 1.54) is 43.3 Å². The van der Waals surface area contributed by atoms with Gasteiger partial charge in [0, 0.05) is 40.1 Å². The third kappa shape index (κ3) is 7.32. The molecule has 3 aromatic carbocycles. The lowest BCUT2D eigenvalue weighted by molar-refractivity contribution is -0.118. The summed E-state index contributed by atoms with van der Waals surface area (Å²) in [7, 11) is 0. The minimum atomic E-state index is -0.406. The van der Waals surface area contributed by atoms with Gasteiger partial charge in [-0.2, -0.15) is 5.10 Å². The van der Waals surface area contributed by atoms with Crippen molar-refractivity contribution < 1.29 is 23.5 Å². The van der Waals surface area contributed by atoms with Crippen LogP contribution in [0.4, 0.5) is 15.8 Å². The standard InChI is InChI=1S/C28H28BrFN4O4/c1-2-37-25-15-20(17-31-33-28(36)19-5-11-23(12-6-19)34-13-3-4-14-34)24(29)16-26(25)38-18-27(35)32-22-9-7-21(30)8-10-22/h5-12,15-17H,2-4,13-14,18H2,1H3,(H,32,35)(H,33,36)/b31-17-. The molecule has 1 saturated heterocycles. The Hall–Kier alpha value is -3.92. The summed E-state index contributed by atoms with van der Waals surface area (Å²) in [6.07, 6.45) is 3.88. The van der Waals surface area contributed by atoms with Crippen molar-refractivity contribution in [1.29, 1.82) is 0 Å². The number of nitrogens with one attached hydrogen (secondary N) is 2. The Labute approximate surface area is 228 Å². The van der Waals surface area contributed by atoms with E-state index in [0.717, 1.165) is 18.8 Å². The fourth-order valence-electron chi connectivity index (χ4n) is 3.93. The number of ether oxygens (including phenoxy) is 2. The van der Waals surface area contributed by atoms with Gasteiger partial charge in [-0.05, 0) is 96.4 Å². The van der Waals surface area contributed by atoms with Crippen LogP contribution in [0.25, 0.3) is 0 Å². The maximum atomic E-state index is 13.1. The first-order valence-electron chi connectivity index (χ1n) is 12.3. The van der Waals surface area contributed by atoms with Gasteiger partial charge in [0.2, 0.25) is 0 Å². The maximum Gasteiger partial charge on any atom is 0.271 e. The quantitative estimate of drug-likeness (QED) is 0.248. The molecule has 0 radical (unpaired) electrons. The molecule has 0 atom stereocenters. The van der Waals surface area contributed by atoms with E-state index in [1.54, 1.807) is 24.3 Å². The first-order valence-corrected chi connectivity index (χ1v) is 13.0. The number of hydrogen-bond donors (Lipinski definition) is 2. The van der Waals surface area contributed by atoms with Crippen LogP contribution in [0.2, 0.25) is 0 Å². The lowest BCUT2D eigenvalue weighted by atomic mass is 10.2. The third-order valence-corrected chi connectivity index (χ3v) is 6.51. The van der Waals surface area contributed by atoms with E-state index in [2.05, 4.69) is 36.7 Å². The molecule has 0 saturated carbocycles. The molecule has 0 unspecified atom stereocenters. The van der Waals surface area contributed by atoms with E-state index in [4.69, 9.17) is 9.47 Å². The Morgan fingerprint density at radius 3 is 2.39 bits per heavy atom. The van der Waals surface area contributed by atoms with Gasteiger partial charge in [0.1, 0.15) is 5.82 Å². The van der Waals surface area contributed by atoms with Gasteiger partial charge in [-0.3, -0.25) is 9.59 Å². The van der Waals surface area contributed by atoms with Crippen LogP contribution < -0.4 is 25.1 Å². The molecular weight excluding hydrogens is 555 g/mol. The monoisotopic (exact) mass is 582 g/mol. The highest BCUT2D eigenvalue weighted by atomic mass is 79.9. The van der Waals surface area contributed by atoms with Gasteiger partial charge in [0.15, 0.2) is 18.1 Å². The first kappa shape index (κ1) is 27.1. The highest BCUT2D eigenvalue weighted by Crippen LogP contribution is 2.33. The van der Waals surface area contributed by atoms with E-state index in [-0.39, 0.29) is 18.3 Å². The SMILES string of the molecule is CCOc1cc(/C=N\NC(=O)c2ccc(N3CCCC3)cc2)c(Br)cc1OCC(=O)Nc1ccc(F)cc1. The molecule has 1 heterocycles. The average Bonchev–Trinajstić information content (AvgIpc) is 3.46. The molecule has 8 nitrogen and oxygen atoms in total. The van der Waals surface area contributed by atoms with Crippen molar-refractivity contribution in [3.8, 4) is 11.5 Å². The Kier molecular flexibility index (Phi) is 9.31. The van der Waals surface area contributed by atoms with E-state index in [9.17, 15) is 14.0 Å². The highest BCUT2D eigenvalue weighted by molar-refractivity contribution is 9.10. The molecule has 0 aliphatic carbocycles. The third-order valence-electron chi connectivity index (χ3n) is 5.82. The summed E-state index contributed by atoms with van der Waals surface area (Å²) >= 11 is 3.47. The lowest BCUT2D eigenvalue weighted by Gasteiger charge is -2.17. The van der Waals surface area contributed by atoms with E-state index in [0.29, 0.717) is 39.4 Å². The van der Waals surface area contributed by atoms with Gasteiger partial charge in [-0.25, -0.2) is 9.82 Å². The zero-order valence-electron chi connectivity index (χ0n) is 20.9. The summed E-state index contributed by atoms with van der Waals surface area (Å²) in [5.74, 6) is -0.345. The zero-order chi connectivity index (χ0) is 26.9. The number of hydrazone groups is 1. The second-order valence-corrected chi connectivity index (χ2v) is 9.39. The van der Waals surface area contributed by atoms with Crippen molar-refractivity contribution in [2.75, 3.05) is 36.5 Å². The number of rotatable bonds is 10. The van der Waals surface area contributed by atoms with Gasteiger partial charge in [0.25, 0.3) is 11.8 Å². The second-order valence-electron chi connectivity index (χ2n) is 8.54. The largest absolute Gasteiger partial charge is 0.490 e. The molecule has 2 amide bonds. The summed E-state index contributed by atoms with van der Waals surface area (Å²) in [4.78, 5) is 27.1. The summed E-state index contributed by atoms with van der Waals surface area (Å²) in [5, 5.41) is 6.72. The van der Waals surface area contributed by atoms with Crippen LogP contribution in [0.5, 0.6) is 11.5 Å². The minimum absolute atomic E-state index is 0.274. The Morgan fingerprint density at radius 2 is 1.71 bits per heavy atom. The Morgan fingerprint density at radius 1 is 1.03 bits per heavy atom. The molecule has 198 valence electrons. The van der Waals surface area contributed by atoms with E-state index in [1.807, 2.05) is 19.1 Å². The number of halogens is 2. The number of amides is 2. The molecule has 2 N–H and O–H groups in total. The van der Waals surface area contributed by atoms with Gasteiger partial charge in [-0.15, -0.1) is 0 Å². The van der Waals surface area contributed by atoms with Gasteiger partial charge < -0.3 is 19.7 Å². The molecule has 38 heavy (non-hydrogen) atoms. The maximum absolute atomic E-state index is 13.1. The van der Waals surface area contributed by atoms with Gasteiger partial charge in [-0.1, -0.05) is 0 Å². The predicted octanol–water partition coefficient (Wildman–Crippen LogP) is 5.37. The molecule has 1 aliphatic heterocycles. The molecule has 0 aromatic heterocycles. The fraction of sp³-hybridized carbons (Fsp3) is 0.250. The van der Waals surface area contributed by atoms with E-state index >= 15 is 0 Å². The van der Waals surface area contributed by atoms with Crippen molar-refractivity contribution >= 4 is 45.3 Å². The van der Waals surface area contributed by atoms with Crippen LogP contribution in [0.15, 0.2) is 70.2 Å². The van der Waals surface area contributed by atoms with Gasteiger partial charge in [0.05, 0.1) is 12.8 Å². The molecule has 4 rings (SSSR count). The number of hydrogen-bond acceptors (Lipinski definition) is 6. The molecule has 10 heteroatoms. The molecule has 1 fully saturated rings. The Balaban J connectivity index is 1.36. The molecule has 0 spiro atoms. The van der Waals surface area contributed by atoms with E-state index < -0.39 is 5.91 Å². The topological polar surface area (TPSA) is 92.3 Å². The number of carbonyl (C=O) groups is 2. The Bertz CT molecular complexity index is 1290. The van der Waals surface area contributed by atoms with Crippen LogP contribution in [-0.4, -0.2) is 44.3 Å². The van der Waals surface area contributed by atoms with Crippen LogP contribution in [0.1, 0.15) is 35.7 Å². The number of anilines is 2. The normalized spacial score (nSPS) is 13.0. The van der Waals surface area contributed by atoms with Gasteiger partial charge >= 0.3 is 0 Å². The molecular formula is C28H28BrFN4O4. The number of nitrogens with zero attached hydrogens (tertiary/aromatic N) is 2. The smallest absolute Gasteiger partial charge is 0.271 e. The fourth-order valence-corrected chi connectivity index (χ4v) is 4.35. The minimum Gasteiger partial charge on any atom is -0.490 e. The molecule has 3 aromatic rings. The number of benzene rings is 3. The van der Waals surface area contributed by atoms with Crippen molar-refractivity contribution in [2.45, 2.75) is 19.8 Å². The lowest BCUT2D eigenvalue weighted by Crippen LogP contribution is -2.20. The van der Waals surface area contributed by atoms with Crippen molar-refractivity contribution in [3.63, 3.8) is 0 Å². The predicted molar refractivity (Wildman–Crippen MR) is 149 cm³/mol. The summed E-state index contributed by atoms with van der Waals surface area (Å²) in [5.41, 5.74) is 5.28. The van der Waals surface area contributed by atoms with Crippen LogP contribution in [0.3, 0.4) is 0 Å². The van der Waals surface area contributed by atoms with Crippen LogP contribution >= 0.6 is 15.9 Å². The molecule has 1 aliphatic rings.